The average Bonchev–Trinajstić information content (AvgIpc) is 3.24. The molecule has 1 saturated heterocycles. The van der Waals surface area contributed by atoms with Gasteiger partial charge in [-0.15, -0.1) is 11.3 Å². The number of ketones is 1. The fourth-order valence-electron chi connectivity index (χ4n) is 3.44. The SMILES string of the molecule is COc1ccc(/C(O)=C2/C(=O)C(=O)N(c3nc(C)c(C)s3)C2c2ccccc2)cc1. The highest BCUT2D eigenvalue weighted by molar-refractivity contribution is 7.16. The van der Waals surface area contributed by atoms with Gasteiger partial charge in [-0.25, -0.2) is 4.98 Å². The van der Waals surface area contributed by atoms with Gasteiger partial charge in [-0.2, -0.15) is 0 Å². The second kappa shape index (κ2) is 7.76. The van der Waals surface area contributed by atoms with Gasteiger partial charge in [-0.05, 0) is 43.7 Å². The lowest BCUT2D eigenvalue weighted by Crippen LogP contribution is -2.29. The van der Waals surface area contributed by atoms with Crippen LogP contribution < -0.4 is 9.64 Å². The Morgan fingerprint density at radius 3 is 2.30 bits per heavy atom. The number of nitrogens with zero attached hydrogens (tertiary/aromatic N) is 2. The molecule has 3 aromatic rings. The maximum absolute atomic E-state index is 13.0. The molecule has 0 bridgehead atoms. The van der Waals surface area contributed by atoms with Crippen molar-refractivity contribution in [1.29, 1.82) is 0 Å². The van der Waals surface area contributed by atoms with E-state index in [-0.39, 0.29) is 11.3 Å². The van der Waals surface area contributed by atoms with Crippen molar-refractivity contribution in [2.24, 2.45) is 0 Å². The fourth-order valence-corrected chi connectivity index (χ4v) is 4.38. The van der Waals surface area contributed by atoms with Gasteiger partial charge in [0.25, 0.3) is 5.78 Å². The zero-order chi connectivity index (χ0) is 21.4. The Labute approximate surface area is 178 Å². The Hall–Kier alpha value is -3.45. The average molecular weight is 420 g/mol. The minimum absolute atomic E-state index is 0.0434. The van der Waals surface area contributed by atoms with E-state index in [1.165, 1.54) is 16.2 Å². The standard InChI is InChI=1S/C23H20N2O4S/c1-13-14(2)30-23(24-13)25-19(15-7-5-4-6-8-15)18(21(27)22(25)28)20(26)16-9-11-17(29-3)12-10-16/h4-12,19,26H,1-3H3/b20-18-. The molecule has 4 rings (SSSR count). The summed E-state index contributed by atoms with van der Waals surface area (Å²) in [5.41, 5.74) is 2.00. The summed E-state index contributed by atoms with van der Waals surface area (Å²) in [7, 11) is 1.55. The molecule has 0 saturated carbocycles. The van der Waals surface area contributed by atoms with Crippen LogP contribution >= 0.6 is 11.3 Å². The van der Waals surface area contributed by atoms with Gasteiger partial charge in [0.2, 0.25) is 0 Å². The summed E-state index contributed by atoms with van der Waals surface area (Å²) in [6, 6.07) is 15.1. The molecule has 1 amide bonds. The van der Waals surface area contributed by atoms with Crippen LogP contribution in [-0.4, -0.2) is 28.9 Å². The van der Waals surface area contributed by atoms with Gasteiger partial charge >= 0.3 is 5.91 Å². The molecule has 0 aliphatic carbocycles. The zero-order valence-corrected chi connectivity index (χ0v) is 17.6. The molecule has 1 aliphatic heterocycles. The lowest BCUT2D eigenvalue weighted by molar-refractivity contribution is -0.132. The predicted molar refractivity (Wildman–Crippen MR) is 116 cm³/mol. The first-order valence-electron chi connectivity index (χ1n) is 9.36. The molecule has 6 nitrogen and oxygen atoms in total. The van der Waals surface area contributed by atoms with Crippen LogP contribution in [0.3, 0.4) is 0 Å². The minimum atomic E-state index is -0.766. The van der Waals surface area contributed by atoms with Crippen molar-refractivity contribution in [3.05, 3.63) is 81.9 Å². The van der Waals surface area contributed by atoms with Crippen molar-refractivity contribution in [3.8, 4) is 5.75 Å². The number of aromatic nitrogens is 1. The second-order valence-corrected chi connectivity index (χ2v) is 8.13. The van der Waals surface area contributed by atoms with Crippen molar-refractivity contribution in [2.75, 3.05) is 12.0 Å². The van der Waals surface area contributed by atoms with Crippen LogP contribution in [0.2, 0.25) is 0 Å². The molecule has 1 fully saturated rings. The third-order valence-corrected chi connectivity index (χ3v) is 6.22. The van der Waals surface area contributed by atoms with Gasteiger partial charge in [-0.1, -0.05) is 30.3 Å². The number of benzene rings is 2. The lowest BCUT2D eigenvalue weighted by atomic mass is 9.95. The van der Waals surface area contributed by atoms with Crippen LogP contribution in [0.1, 0.15) is 27.7 Å². The monoisotopic (exact) mass is 420 g/mol. The number of rotatable bonds is 4. The first-order valence-corrected chi connectivity index (χ1v) is 10.2. The first kappa shape index (κ1) is 19.8. The van der Waals surface area contributed by atoms with Crippen LogP contribution in [0.15, 0.2) is 60.2 Å². The van der Waals surface area contributed by atoms with E-state index in [1.807, 2.05) is 44.2 Å². The van der Waals surface area contributed by atoms with E-state index in [1.54, 1.807) is 31.4 Å². The number of aliphatic hydroxyl groups is 1. The van der Waals surface area contributed by atoms with Gasteiger partial charge in [0, 0.05) is 10.4 Å². The van der Waals surface area contributed by atoms with Crippen molar-refractivity contribution in [2.45, 2.75) is 19.9 Å². The molecule has 1 atom stereocenters. The highest BCUT2D eigenvalue weighted by Crippen LogP contribution is 2.43. The number of carbonyl (C=O) groups is 2. The summed E-state index contributed by atoms with van der Waals surface area (Å²) in [6.07, 6.45) is 0. The molecule has 1 unspecified atom stereocenters. The predicted octanol–water partition coefficient (Wildman–Crippen LogP) is 4.39. The topological polar surface area (TPSA) is 79.7 Å². The quantitative estimate of drug-likeness (QED) is 0.385. The van der Waals surface area contributed by atoms with E-state index in [4.69, 9.17) is 4.74 Å². The van der Waals surface area contributed by atoms with Crippen molar-refractivity contribution >= 4 is 33.9 Å². The molecule has 2 heterocycles. The number of aliphatic hydroxyl groups excluding tert-OH is 1. The molecule has 0 radical (unpaired) electrons. The maximum atomic E-state index is 13.0. The largest absolute Gasteiger partial charge is 0.507 e. The first-order chi connectivity index (χ1) is 14.4. The van der Waals surface area contributed by atoms with Gasteiger partial charge < -0.3 is 9.84 Å². The molecule has 1 aromatic heterocycles. The number of thiazole rings is 1. The molecule has 1 N–H and O–H groups in total. The number of amides is 1. The van der Waals surface area contributed by atoms with Crippen LogP contribution in [0.4, 0.5) is 5.13 Å². The smallest absolute Gasteiger partial charge is 0.301 e. The maximum Gasteiger partial charge on any atom is 0.301 e. The van der Waals surface area contributed by atoms with Gasteiger partial charge in [0.15, 0.2) is 5.13 Å². The molecular formula is C23H20N2O4S. The molecule has 7 heteroatoms. The summed E-state index contributed by atoms with van der Waals surface area (Å²) >= 11 is 1.35. The Kier molecular flexibility index (Phi) is 5.13. The number of hydrogen-bond acceptors (Lipinski definition) is 6. The molecule has 1 aliphatic rings. The van der Waals surface area contributed by atoms with E-state index >= 15 is 0 Å². The fraction of sp³-hybridized carbons (Fsp3) is 0.174. The minimum Gasteiger partial charge on any atom is -0.507 e. The third kappa shape index (κ3) is 3.27. The van der Waals surface area contributed by atoms with Crippen molar-refractivity contribution < 1.29 is 19.4 Å². The second-order valence-electron chi connectivity index (χ2n) is 6.95. The molecule has 2 aromatic carbocycles. The van der Waals surface area contributed by atoms with E-state index in [0.717, 1.165) is 16.1 Å². The summed E-state index contributed by atoms with van der Waals surface area (Å²) in [5, 5.41) is 11.5. The number of hydrogen-bond donors (Lipinski definition) is 1. The third-order valence-electron chi connectivity index (χ3n) is 5.15. The van der Waals surface area contributed by atoms with Gasteiger partial charge in [-0.3, -0.25) is 14.5 Å². The number of ether oxygens (including phenoxy) is 1. The summed E-state index contributed by atoms with van der Waals surface area (Å²) in [4.78, 5) is 32.9. The Morgan fingerprint density at radius 2 is 1.73 bits per heavy atom. The summed E-state index contributed by atoms with van der Waals surface area (Å²) in [6.45, 7) is 3.78. The molecular weight excluding hydrogens is 400 g/mol. The number of methoxy groups -OCH3 is 1. The van der Waals surface area contributed by atoms with E-state index in [2.05, 4.69) is 4.98 Å². The Bertz CT molecular complexity index is 1130. The van der Waals surface area contributed by atoms with Gasteiger partial charge in [0.05, 0.1) is 24.4 Å². The zero-order valence-electron chi connectivity index (χ0n) is 16.7. The van der Waals surface area contributed by atoms with Crippen molar-refractivity contribution in [3.63, 3.8) is 0 Å². The Balaban J connectivity index is 1.91. The highest BCUT2D eigenvalue weighted by atomic mass is 32.1. The normalized spacial score (nSPS) is 18.1. The summed E-state index contributed by atoms with van der Waals surface area (Å²) in [5.74, 6) is -1.03. The highest BCUT2D eigenvalue weighted by Gasteiger charge is 2.48. The van der Waals surface area contributed by atoms with E-state index in [0.29, 0.717) is 16.4 Å². The van der Waals surface area contributed by atoms with Crippen LogP contribution in [0, 0.1) is 13.8 Å². The van der Waals surface area contributed by atoms with Gasteiger partial charge in [0.1, 0.15) is 11.5 Å². The number of carbonyl (C=O) groups excluding carboxylic acids is 2. The van der Waals surface area contributed by atoms with Crippen LogP contribution in [0.25, 0.3) is 5.76 Å². The molecule has 30 heavy (non-hydrogen) atoms. The Morgan fingerprint density at radius 1 is 1.07 bits per heavy atom. The molecule has 0 spiro atoms. The van der Waals surface area contributed by atoms with E-state index in [9.17, 15) is 14.7 Å². The van der Waals surface area contributed by atoms with Crippen molar-refractivity contribution in [1.82, 2.24) is 4.98 Å². The molecule has 152 valence electrons. The lowest BCUT2D eigenvalue weighted by Gasteiger charge is -2.23. The number of aryl methyl sites for hydroxylation is 2. The number of Topliss-reactive ketones (excluding diaryl/α,β-unsaturated/α-hetero) is 1. The summed E-state index contributed by atoms with van der Waals surface area (Å²) < 4.78 is 5.16. The van der Waals surface area contributed by atoms with Crippen LogP contribution in [0.5, 0.6) is 5.75 Å². The van der Waals surface area contributed by atoms with E-state index < -0.39 is 17.7 Å². The van der Waals surface area contributed by atoms with Crippen LogP contribution in [-0.2, 0) is 9.59 Å². The number of anilines is 1.